The highest BCUT2D eigenvalue weighted by molar-refractivity contribution is 6.35. The Labute approximate surface area is 103 Å². The molecule has 0 fully saturated rings. The molecule has 0 unspecified atom stereocenters. The average Bonchev–Trinajstić information content (AvgIpc) is 2.32. The highest BCUT2D eigenvalue weighted by Gasteiger charge is 2.29. The number of carbonyl (C=O) groups excluding carboxylic acids is 4. The molecule has 0 aromatic heterocycles. The number of rotatable bonds is 4. The molecule has 0 N–H and O–H groups in total. The van der Waals surface area contributed by atoms with E-state index in [4.69, 9.17) is 0 Å². The minimum Gasteiger partial charge on any atom is -0.462 e. The molecule has 1 aliphatic carbocycles. The Hall–Kier alpha value is -2.24. The Kier molecular flexibility index (Phi) is 4.53. The van der Waals surface area contributed by atoms with Gasteiger partial charge in [-0.05, 0) is 13.8 Å². The summed E-state index contributed by atoms with van der Waals surface area (Å²) in [6, 6.07) is 0. The van der Waals surface area contributed by atoms with Crippen LogP contribution in [0.4, 0.5) is 0 Å². The lowest BCUT2D eigenvalue weighted by molar-refractivity contribution is -0.142. The van der Waals surface area contributed by atoms with Gasteiger partial charge in [-0.2, -0.15) is 0 Å². The molecule has 1 rings (SSSR count). The lowest BCUT2D eigenvalue weighted by Gasteiger charge is -2.10. The van der Waals surface area contributed by atoms with Gasteiger partial charge in [-0.1, -0.05) is 0 Å². The topological polar surface area (TPSA) is 86.7 Å². The van der Waals surface area contributed by atoms with Gasteiger partial charge in [0.2, 0.25) is 0 Å². The Morgan fingerprint density at radius 2 is 1.22 bits per heavy atom. The van der Waals surface area contributed by atoms with Crippen LogP contribution in [0.25, 0.3) is 0 Å². The van der Waals surface area contributed by atoms with Crippen molar-refractivity contribution in [3.8, 4) is 0 Å². The van der Waals surface area contributed by atoms with Gasteiger partial charge in [-0.3, -0.25) is 9.59 Å². The van der Waals surface area contributed by atoms with Gasteiger partial charge in [0.1, 0.15) is 11.1 Å². The van der Waals surface area contributed by atoms with Gasteiger partial charge < -0.3 is 9.47 Å². The minimum absolute atomic E-state index is 0.0894. The number of carbonyl (C=O) groups is 4. The first-order chi connectivity index (χ1) is 8.51. The largest absolute Gasteiger partial charge is 0.462 e. The fourth-order valence-corrected chi connectivity index (χ4v) is 1.30. The maximum Gasteiger partial charge on any atom is 0.342 e. The molecule has 0 spiro atoms. The Balaban J connectivity index is 2.93. The van der Waals surface area contributed by atoms with Crippen molar-refractivity contribution in [3.05, 3.63) is 23.3 Å². The van der Waals surface area contributed by atoms with Crippen LogP contribution in [0.3, 0.4) is 0 Å². The number of ketones is 2. The van der Waals surface area contributed by atoms with Crippen molar-refractivity contribution in [2.45, 2.75) is 13.8 Å². The number of allylic oxidation sites excluding steroid dienone is 2. The van der Waals surface area contributed by atoms with Crippen LogP contribution < -0.4 is 0 Å². The summed E-state index contributed by atoms with van der Waals surface area (Å²) >= 11 is 0. The Morgan fingerprint density at radius 1 is 0.889 bits per heavy atom. The predicted molar refractivity (Wildman–Crippen MR) is 59.4 cm³/mol. The fraction of sp³-hybridized carbons (Fsp3) is 0.333. The van der Waals surface area contributed by atoms with Crippen molar-refractivity contribution in [2.75, 3.05) is 13.2 Å². The van der Waals surface area contributed by atoms with E-state index in [9.17, 15) is 19.2 Å². The highest BCUT2D eigenvalue weighted by Crippen LogP contribution is 2.14. The molecule has 6 nitrogen and oxygen atoms in total. The lowest BCUT2D eigenvalue weighted by atomic mass is 9.97. The molecular formula is C12H12O6. The third-order valence-corrected chi connectivity index (χ3v) is 2.07. The molecule has 0 saturated heterocycles. The number of hydrogen-bond donors (Lipinski definition) is 0. The molecule has 0 aromatic carbocycles. The summed E-state index contributed by atoms with van der Waals surface area (Å²) in [5.74, 6) is -3.24. The van der Waals surface area contributed by atoms with Crippen molar-refractivity contribution in [1.29, 1.82) is 0 Å². The second-order valence-corrected chi connectivity index (χ2v) is 3.29. The summed E-state index contributed by atoms with van der Waals surface area (Å²) in [6.07, 6.45) is 1.60. The van der Waals surface area contributed by atoms with Crippen LogP contribution in [0.15, 0.2) is 23.3 Å². The lowest BCUT2D eigenvalue weighted by Crippen LogP contribution is -2.25. The standard InChI is InChI=1S/C12H12O6/c1-3-17-11(15)7-5-10(14)8(6-9(7)13)12(16)18-4-2/h5-6H,3-4H2,1-2H3. The molecule has 0 saturated carbocycles. The van der Waals surface area contributed by atoms with Crippen LogP contribution in [0.1, 0.15) is 13.8 Å². The molecule has 96 valence electrons. The maximum absolute atomic E-state index is 11.6. The molecule has 0 amide bonds. The zero-order valence-electron chi connectivity index (χ0n) is 10.0. The van der Waals surface area contributed by atoms with Crippen LogP contribution in [-0.4, -0.2) is 36.7 Å². The van der Waals surface area contributed by atoms with E-state index in [0.29, 0.717) is 0 Å². The average molecular weight is 252 g/mol. The van der Waals surface area contributed by atoms with Crippen molar-refractivity contribution in [2.24, 2.45) is 0 Å². The van der Waals surface area contributed by atoms with Gasteiger partial charge in [0.15, 0.2) is 11.6 Å². The summed E-state index contributed by atoms with van der Waals surface area (Å²) in [4.78, 5) is 45.8. The normalized spacial score (nSPS) is 14.8. The van der Waals surface area contributed by atoms with Crippen molar-refractivity contribution >= 4 is 23.5 Å². The predicted octanol–water partition coefficient (Wildman–Crippen LogP) is 0.117. The maximum atomic E-state index is 11.6. The third-order valence-electron chi connectivity index (χ3n) is 2.07. The zero-order chi connectivity index (χ0) is 13.7. The third kappa shape index (κ3) is 2.91. The molecule has 0 radical (unpaired) electrons. The Bertz CT molecular complexity index is 425. The van der Waals surface area contributed by atoms with Gasteiger partial charge in [0.25, 0.3) is 0 Å². The van der Waals surface area contributed by atoms with E-state index in [1.807, 2.05) is 0 Å². The van der Waals surface area contributed by atoms with Crippen LogP contribution in [0, 0.1) is 0 Å². The molecule has 0 bridgehead atoms. The quantitative estimate of drug-likeness (QED) is 0.401. The zero-order valence-corrected chi connectivity index (χ0v) is 10.0. The fourth-order valence-electron chi connectivity index (χ4n) is 1.30. The van der Waals surface area contributed by atoms with Gasteiger partial charge in [-0.15, -0.1) is 0 Å². The first kappa shape index (κ1) is 13.8. The summed E-state index contributed by atoms with van der Waals surface area (Å²) in [5, 5.41) is 0. The van der Waals surface area contributed by atoms with Crippen LogP contribution in [-0.2, 0) is 28.7 Å². The number of esters is 2. The molecular weight excluding hydrogens is 240 g/mol. The van der Waals surface area contributed by atoms with Gasteiger partial charge in [0.05, 0.1) is 13.2 Å². The van der Waals surface area contributed by atoms with Crippen molar-refractivity contribution in [1.82, 2.24) is 0 Å². The first-order valence-electron chi connectivity index (χ1n) is 5.37. The van der Waals surface area contributed by atoms with Gasteiger partial charge in [-0.25, -0.2) is 9.59 Å². The summed E-state index contributed by atoms with van der Waals surface area (Å²) in [6.45, 7) is 3.33. The van der Waals surface area contributed by atoms with E-state index in [-0.39, 0.29) is 24.4 Å². The van der Waals surface area contributed by atoms with E-state index >= 15 is 0 Å². The first-order valence-corrected chi connectivity index (χ1v) is 5.37. The molecule has 18 heavy (non-hydrogen) atoms. The highest BCUT2D eigenvalue weighted by atomic mass is 16.5. The van der Waals surface area contributed by atoms with E-state index in [1.54, 1.807) is 13.8 Å². The van der Waals surface area contributed by atoms with E-state index in [0.717, 1.165) is 12.2 Å². The van der Waals surface area contributed by atoms with E-state index in [1.165, 1.54) is 0 Å². The van der Waals surface area contributed by atoms with E-state index < -0.39 is 23.5 Å². The monoisotopic (exact) mass is 252 g/mol. The molecule has 1 aliphatic rings. The second-order valence-electron chi connectivity index (χ2n) is 3.29. The van der Waals surface area contributed by atoms with Gasteiger partial charge in [0, 0.05) is 12.2 Å². The molecule has 0 atom stereocenters. The van der Waals surface area contributed by atoms with Crippen molar-refractivity contribution < 1.29 is 28.7 Å². The summed E-state index contributed by atoms with van der Waals surface area (Å²) in [5.41, 5.74) is -0.759. The summed E-state index contributed by atoms with van der Waals surface area (Å²) < 4.78 is 9.24. The van der Waals surface area contributed by atoms with Crippen LogP contribution in [0.5, 0.6) is 0 Å². The SMILES string of the molecule is CCOC(=O)C1=CC(=O)C(C(=O)OCC)=CC1=O. The smallest absolute Gasteiger partial charge is 0.342 e. The van der Waals surface area contributed by atoms with Crippen LogP contribution >= 0.6 is 0 Å². The van der Waals surface area contributed by atoms with Crippen LogP contribution in [0.2, 0.25) is 0 Å². The van der Waals surface area contributed by atoms with Gasteiger partial charge >= 0.3 is 11.9 Å². The van der Waals surface area contributed by atoms with Crippen molar-refractivity contribution in [3.63, 3.8) is 0 Å². The van der Waals surface area contributed by atoms with E-state index in [2.05, 4.69) is 9.47 Å². The molecule has 0 aromatic rings. The molecule has 6 heteroatoms. The number of hydrogen-bond acceptors (Lipinski definition) is 6. The second kappa shape index (κ2) is 5.90. The summed E-state index contributed by atoms with van der Waals surface area (Å²) in [7, 11) is 0. The molecule has 0 aliphatic heterocycles. The minimum atomic E-state index is -0.880. The molecule has 0 heterocycles. The number of ether oxygens (including phenoxy) is 2. The Morgan fingerprint density at radius 3 is 1.50 bits per heavy atom.